The van der Waals surface area contributed by atoms with Gasteiger partial charge >= 0.3 is 5.25 Å². The summed E-state index contributed by atoms with van der Waals surface area (Å²) < 4.78 is 46.3. The molecule has 0 aromatic carbocycles. The number of halogens is 2. The van der Waals surface area contributed by atoms with Crippen LogP contribution in [-0.4, -0.2) is 19.4 Å². The Morgan fingerprint density at radius 2 is 2.00 bits per heavy atom. The molecule has 66 valence electrons. The normalized spacial score (nSPS) is 13.0. The fraction of sp³-hybridized carbons (Fsp3) is 0.667. The van der Waals surface area contributed by atoms with Crippen LogP contribution in [-0.2, 0) is 9.84 Å². The number of alkyl halides is 2. The Morgan fingerprint density at radius 1 is 1.55 bits per heavy atom. The fourth-order valence-corrected chi connectivity index (χ4v) is 1.49. The smallest absolute Gasteiger partial charge is 0.222 e. The first-order valence-corrected chi connectivity index (χ1v) is 4.73. The third-order valence-corrected chi connectivity index (χ3v) is 3.08. The maximum absolute atomic E-state index is 12.5. The van der Waals surface area contributed by atoms with Gasteiger partial charge < -0.3 is 0 Å². The Balaban J connectivity index is 4.68. The highest BCUT2D eigenvalue weighted by molar-refractivity contribution is 7.92. The summed E-state index contributed by atoms with van der Waals surface area (Å²) in [6.07, 6.45) is 0.266. The molecule has 0 fully saturated rings. The molecule has 0 bridgehead atoms. The van der Waals surface area contributed by atoms with Gasteiger partial charge in [-0.3, -0.25) is 0 Å². The lowest BCUT2D eigenvalue weighted by Gasteiger charge is -2.12. The zero-order valence-corrected chi connectivity index (χ0v) is 7.00. The van der Waals surface area contributed by atoms with Crippen molar-refractivity contribution in [1.82, 2.24) is 0 Å². The van der Waals surface area contributed by atoms with Crippen LogP contribution in [0.1, 0.15) is 13.3 Å². The minimum Gasteiger partial charge on any atom is -0.222 e. The molecule has 0 radical (unpaired) electrons. The first kappa shape index (κ1) is 10.6. The molecule has 0 spiro atoms. The highest BCUT2D eigenvalue weighted by Gasteiger charge is 2.41. The largest absolute Gasteiger partial charge is 0.345 e. The Bertz CT molecular complexity index is 231. The zero-order chi connectivity index (χ0) is 9.12. The second-order valence-electron chi connectivity index (χ2n) is 2.06. The van der Waals surface area contributed by atoms with E-state index in [1.54, 1.807) is 0 Å². The molecule has 0 aliphatic carbocycles. The first-order chi connectivity index (χ1) is 4.87. The van der Waals surface area contributed by atoms with Crippen molar-refractivity contribution >= 4 is 9.84 Å². The van der Waals surface area contributed by atoms with Gasteiger partial charge in [-0.25, -0.2) is 8.42 Å². The van der Waals surface area contributed by atoms with Crippen LogP contribution in [0, 0.1) is 0 Å². The summed E-state index contributed by atoms with van der Waals surface area (Å²) in [6, 6.07) is 0. The molecule has 5 heteroatoms. The third-order valence-electron chi connectivity index (χ3n) is 1.20. The van der Waals surface area contributed by atoms with Crippen LogP contribution in [0.5, 0.6) is 0 Å². The summed E-state index contributed by atoms with van der Waals surface area (Å²) in [4.78, 5) is 0. The molecule has 0 aliphatic heterocycles. The first-order valence-electron chi connectivity index (χ1n) is 3.08. The van der Waals surface area contributed by atoms with Crippen LogP contribution in [0.15, 0.2) is 12.7 Å². The van der Waals surface area contributed by atoms with Crippen molar-refractivity contribution in [3.8, 4) is 0 Å². The van der Waals surface area contributed by atoms with Gasteiger partial charge in [-0.2, -0.15) is 8.78 Å². The number of sulfone groups is 1. The van der Waals surface area contributed by atoms with Gasteiger partial charge in [-0.05, 0) is 0 Å². The van der Waals surface area contributed by atoms with E-state index in [0.29, 0.717) is 0 Å². The SMILES string of the molecule is C=CCS(=O)(=O)C(F)(F)CC. The summed E-state index contributed by atoms with van der Waals surface area (Å²) in [6.45, 7) is 4.21. The lowest BCUT2D eigenvalue weighted by atomic mass is 10.5. The Hall–Kier alpha value is -0.450. The molecule has 0 saturated heterocycles. The maximum atomic E-state index is 12.5. The number of hydrogen-bond donors (Lipinski definition) is 0. The molecule has 0 atom stereocenters. The fourth-order valence-electron chi connectivity index (χ4n) is 0.497. The van der Waals surface area contributed by atoms with E-state index < -0.39 is 27.3 Å². The van der Waals surface area contributed by atoms with Gasteiger partial charge in [-0.1, -0.05) is 13.0 Å². The van der Waals surface area contributed by atoms with Gasteiger partial charge in [-0.15, -0.1) is 6.58 Å². The molecule has 0 amide bonds. The van der Waals surface area contributed by atoms with Crippen molar-refractivity contribution in [2.75, 3.05) is 5.75 Å². The van der Waals surface area contributed by atoms with E-state index in [1.807, 2.05) is 0 Å². The second kappa shape index (κ2) is 3.30. The van der Waals surface area contributed by atoms with Crippen molar-refractivity contribution in [1.29, 1.82) is 0 Å². The molecule has 0 saturated carbocycles. The summed E-state index contributed by atoms with van der Waals surface area (Å²) in [5.41, 5.74) is 0. The van der Waals surface area contributed by atoms with E-state index in [-0.39, 0.29) is 0 Å². The van der Waals surface area contributed by atoms with E-state index in [2.05, 4.69) is 6.58 Å². The average molecular weight is 184 g/mol. The van der Waals surface area contributed by atoms with Gasteiger partial charge in [0.05, 0.1) is 5.75 Å². The Kier molecular flexibility index (Phi) is 3.16. The topological polar surface area (TPSA) is 34.1 Å². The van der Waals surface area contributed by atoms with Crippen LogP contribution in [0.2, 0.25) is 0 Å². The molecule has 0 aliphatic rings. The molecule has 0 heterocycles. The van der Waals surface area contributed by atoms with Crippen molar-refractivity contribution in [2.24, 2.45) is 0 Å². The number of rotatable bonds is 4. The van der Waals surface area contributed by atoms with Gasteiger partial charge in [0.2, 0.25) is 9.84 Å². The van der Waals surface area contributed by atoms with Gasteiger partial charge in [0.25, 0.3) is 0 Å². The van der Waals surface area contributed by atoms with Crippen LogP contribution >= 0.6 is 0 Å². The van der Waals surface area contributed by atoms with E-state index in [1.165, 1.54) is 0 Å². The summed E-state index contributed by atoms with van der Waals surface area (Å²) in [7, 11) is -4.31. The van der Waals surface area contributed by atoms with Crippen molar-refractivity contribution in [3.63, 3.8) is 0 Å². The predicted octanol–water partition coefficient (Wildman–Crippen LogP) is 1.59. The van der Waals surface area contributed by atoms with Crippen molar-refractivity contribution < 1.29 is 17.2 Å². The van der Waals surface area contributed by atoms with Gasteiger partial charge in [0.1, 0.15) is 0 Å². The molecule has 0 rings (SSSR count). The van der Waals surface area contributed by atoms with E-state index >= 15 is 0 Å². The van der Waals surface area contributed by atoms with E-state index in [0.717, 1.165) is 13.0 Å². The summed E-state index contributed by atoms with van der Waals surface area (Å²) in [5.74, 6) is -0.673. The second-order valence-corrected chi connectivity index (χ2v) is 4.22. The molecule has 0 aromatic heterocycles. The predicted molar refractivity (Wildman–Crippen MR) is 39.2 cm³/mol. The molecule has 0 unspecified atom stereocenters. The monoisotopic (exact) mass is 184 g/mol. The van der Waals surface area contributed by atoms with Gasteiger partial charge in [0.15, 0.2) is 0 Å². The molecule has 2 nitrogen and oxygen atoms in total. The summed E-state index contributed by atoms with van der Waals surface area (Å²) >= 11 is 0. The van der Waals surface area contributed by atoms with Crippen molar-refractivity contribution in [3.05, 3.63) is 12.7 Å². The molecular formula is C6H10F2O2S. The lowest BCUT2D eigenvalue weighted by Crippen LogP contribution is -2.29. The van der Waals surface area contributed by atoms with Crippen LogP contribution < -0.4 is 0 Å². The quantitative estimate of drug-likeness (QED) is 0.622. The highest BCUT2D eigenvalue weighted by Crippen LogP contribution is 2.25. The third kappa shape index (κ3) is 2.25. The molecule has 0 N–H and O–H groups in total. The van der Waals surface area contributed by atoms with Crippen LogP contribution in [0.25, 0.3) is 0 Å². The lowest BCUT2D eigenvalue weighted by molar-refractivity contribution is 0.0882. The minimum atomic E-state index is -4.31. The standard InChI is InChI=1S/C6H10F2O2S/c1-3-5-11(9,10)6(7,8)4-2/h3H,1,4-5H2,2H3. The van der Waals surface area contributed by atoms with Crippen LogP contribution in [0.4, 0.5) is 8.78 Å². The molecule has 11 heavy (non-hydrogen) atoms. The average Bonchev–Trinajstić information content (AvgIpc) is 1.87. The Labute approximate surface area is 64.8 Å². The molecular weight excluding hydrogens is 174 g/mol. The molecule has 0 aromatic rings. The van der Waals surface area contributed by atoms with Crippen LogP contribution in [0.3, 0.4) is 0 Å². The Morgan fingerprint density at radius 3 is 2.27 bits per heavy atom. The minimum absolute atomic E-state index is 0.673. The zero-order valence-electron chi connectivity index (χ0n) is 6.18. The van der Waals surface area contributed by atoms with E-state index in [9.17, 15) is 17.2 Å². The number of hydrogen-bond acceptors (Lipinski definition) is 2. The highest BCUT2D eigenvalue weighted by atomic mass is 32.2. The maximum Gasteiger partial charge on any atom is 0.345 e. The van der Waals surface area contributed by atoms with Crippen molar-refractivity contribution in [2.45, 2.75) is 18.6 Å². The van der Waals surface area contributed by atoms with E-state index in [4.69, 9.17) is 0 Å². The summed E-state index contributed by atoms with van der Waals surface area (Å²) in [5, 5.41) is -3.61. The van der Waals surface area contributed by atoms with Gasteiger partial charge in [0, 0.05) is 6.42 Å².